The zero-order valence-corrected chi connectivity index (χ0v) is 22.6. The van der Waals surface area contributed by atoms with E-state index in [0.717, 1.165) is 12.1 Å². The van der Waals surface area contributed by atoms with Crippen LogP contribution in [0.5, 0.6) is 17.2 Å². The number of ether oxygens (including phenoxy) is 2. The Balaban J connectivity index is 1.69. The molecule has 1 atom stereocenters. The fraction of sp³-hybridized carbons (Fsp3) is 0. The van der Waals surface area contributed by atoms with Crippen LogP contribution in [0, 0.1) is 0 Å². The van der Waals surface area contributed by atoms with Crippen LogP contribution in [0.15, 0.2) is 127 Å². The Morgan fingerprint density at radius 2 is 1.14 bits per heavy atom. The molecule has 0 saturated carbocycles. The van der Waals surface area contributed by atoms with Gasteiger partial charge in [0.15, 0.2) is 0 Å². The fourth-order valence-corrected chi connectivity index (χ4v) is 7.35. The molecule has 1 aliphatic rings. The van der Waals surface area contributed by atoms with Gasteiger partial charge in [-0.3, -0.25) is 4.57 Å². The maximum absolute atomic E-state index is 14.9. The molecule has 0 radical (unpaired) electrons. The summed E-state index contributed by atoms with van der Waals surface area (Å²) in [5.74, 6) is -1.13. The summed E-state index contributed by atoms with van der Waals surface area (Å²) in [7, 11) is -4.43. The van der Waals surface area contributed by atoms with Crippen LogP contribution >= 0.6 is 7.37 Å². The average molecular weight is 610 g/mol. The van der Waals surface area contributed by atoms with Gasteiger partial charge in [0.25, 0.3) is 0 Å². The van der Waals surface area contributed by atoms with Crippen LogP contribution in [0.4, 0.5) is 26.3 Å². The lowest BCUT2D eigenvalue weighted by Crippen LogP contribution is -2.26. The number of fused-ring (bicyclic) bond motifs is 4. The van der Waals surface area contributed by atoms with Gasteiger partial charge in [-0.2, -0.15) is 26.3 Å². The van der Waals surface area contributed by atoms with E-state index in [1.54, 1.807) is 72.8 Å². The quantitative estimate of drug-likeness (QED) is 0.109. The third kappa shape index (κ3) is 5.04. The van der Waals surface area contributed by atoms with Crippen LogP contribution in [0.25, 0.3) is 33.0 Å². The summed E-state index contributed by atoms with van der Waals surface area (Å²) in [6.45, 7) is 0. The Morgan fingerprint density at radius 3 is 1.88 bits per heavy atom. The van der Waals surface area contributed by atoms with Gasteiger partial charge in [-0.25, -0.2) is 0 Å². The smallest absolute Gasteiger partial charge is 0.344 e. The largest absolute Gasteiger partial charge is 0.436 e. The SMILES string of the molecule is O=P1(c2cc(OC(F)=C(F)F)c(-c3cccc4ccccc34)cc2OC(F)=C(F)F)Oc2ccccc2-c2ccccc21. The molecule has 1 unspecified atom stereocenters. The van der Waals surface area contributed by atoms with E-state index in [9.17, 15) is 30.9 Å². The van der Waals surface area contributed by atoms with E-state index in [-0.39, 0.29) is 22.2 Å². The lowest BCUT2D eigenvalue weighted by Gasteiger charge is -2.30. The van der Waals surface area contributed by atoms with Gasteiger partial charge >= 0.3 is 31.6 Å². The van der Waals surface area contributed by atoms with Crippen molar-refractivity contribution < 1.29 is 44.9 Å². The first-order chi connectivity index (χ1) is 20.7. The summed E-state index contributed by atoms with van der Waals surface area (Å²) in [5, 5.41) is 0.767. The van der Waals surface area contributed by atoms with Gasteiger partial charge in [-0.15, -0.1) is 0 Å². The topological polar surface area (TPSA) is 44.8 Å². The lowest BCUT2D eigenvalue weighted by molar-refractivity contribution is 0.238. The van der Waals surface area contributed by atoms with Crippen molar-refractivity contribution in [2.24, 2.45) is 0 Å². The highest BCUT2D eigenvalue weighted by Gasteiger charge is 2.41. The standard InChI is InChI=1S/C32H17F6O4P/c33-29(34)31(37)40-25-17-28(43(39)27-15-6-4-12-22(27)21-11-3-5-14-24(21)42-43)26(41-32(38)30(35)36)16-23(25)20-13-7-9-18-8-1-2-10-19(18)20/h1-17H. The normalized spacial score (nSPS) is 15.1. The van der Waals surface area contributed by atoms with Crippen LogP contribution < -0.4 is 24.6 Å². The van der Waals surface area contributed by atoms with Crippen LogP contribution in [0.2, 0.25) is 0 Å². The molecular weight excluding hydrogens is 593 g/mol. The van der Waals surface area contributed by atoms with Crippen molar-refractivity contribution in [3.05, 3.63) is 127 Å². The van der Waals surface area contributed by atoms with E-state index in [1.165, 1.54) is 18.2 Å². The maximum atomic E-state index is 14.9. The molecule has 216 valence electrons. The Bertz CT molecular complexity index is 2010. The van der Waals surface area contributed by atoms with Crippen molar-refractivity contribution in [3.8, 4) is 39.5 Å². The molecule has 0 spiro atoms. The zero-order chi connectivity index (χ0) is 30.3. The molecule has 1 heterocycles. The predicted octanol–water partition coefficient (Wildman–Crippen LogP) is 9.62. The fourth-order valence-electron chi connectivity index (χ4n) is 4.98. The second kappa shape index (κ2) is 11.0. The van der Waals surface area contributed by atoms with Crippen molar-refractivity contribution in [3.63, 3.8) is 0 Å². The molecular formula is C32H17F6O4P. The summed E-state index contributed by atoms with van der Waals surface area (Å²) < 4.78 is 113. The summed E-state index contributed by atoms with van der Waals surface area (Å²) in [5.41, 5.74) is 1.14. The molecule has 5 aromatic rings. The minimum Gasteiger partial charge on any atom is -0.436 e. The molecule has 0 bridgehead atoms. The second-order valence-electron chi connectivity index (χ2n) is 9.27. The van der Waals surface area contributed by atoms with Gasteiger partial charge in [0.05, 0.1) is 10.6 Å². The van der Waals surface area contributed by atoms with Crippen molar-refractivity contribution in [1.82, 2.24) is 0 Å². The third-order valence-electron chi connectivity index (χ3n) is 6.78. The van der Waals surface area contributed by atoms with Crippen LogP contribution in [0.3, 0.4) is 0 Å². The first-order valence-corrected chi connectivity index (χ1v) is 14.2. The summed E-state index contributed by atoms with van der Waals surface area (Å²) in [6.07, 6.45) is -5.58. The molecule has 0 aromatic heterocycles. The number of para-hydroxylation sites is 1. The predicted molar refractivity (Wildman–Crippen MR) is 151 cm³/mol. The van der Waals surface area contributed by atoms with Gasteiger partial charge < -0.3 is 14.0 Å². The maximum Gasteiger partial charge on any atom is 0.344 e. The highest BCUT2D eigenvalue weighted by molar-refractivity contribution is 7.75. The summed E-state index contributed by atoms with van der Waals surface area (Å²) in [4.78, 5) is 0. The van der Waals surface area contributed by atoms with Crippen molar-refractivity contribution >= 4 is 28.8 Å². The van der Waals surface area contributed by atoms with Crippen LogP contribution in [-0.4, -0.2) is 0 Å². The molecule has 0 N–H and O–H groups in total. The number of benzene rings is 5. The number of rotatable bonds is 6. The van der Waals surface area contributed by atoms with Gasteiger partial charge in [-0.1, -0.05) is 78.9 Å². The highest BCUT2D eigenvalue weighted by Crippen LogP contribution is 2.56. The van der Waals surface area contributed by atoms with Gasteiger partial charge in [0.2, 0.25) is 0 Å². The molecule has 0 saturated heterocycles. The van der Waals surface area contributed by atoms with Crippen LogP contribution in [0.1, 0.15) is 0 Å². The molecule has 43 heavy (non-hydrogen) atoms. The molecule has 0 amide bonds. The zero-order valence-electron chi connectivity index (χ0n) is 21.7. The molecule has 6 rings (SSSR count). The van der Waals surface area contributed by atoms with E-state index >= 15 is 0 Å². The second-order valence-corrected chi connectivity index (χ2v) is 11.5. The Labute approximate surface area is 240 Å². The molecule has 5 aromatic carbocycles. The molecule has 4 nitrogen and oxygen atoms in total. The van der Waals surface area contributed by atoms with Gasteiger partial charge in [-0.05, 0) is 46.2 Å². The first-order valence-electron chi connectivity index (χ1n) is 12.6. The van der Waals surface area contributed by atoms with E-state index < -0.39 is 48.4 Å². The minimum absolute atomic E-state index is 0.0835. The summed E-state index contributed by atoms with van der Waals surface area (Å²) in [6, 6.07) is 21.9. The minimum atomic E-state index is -4.43. The summed E-state index contributed by atoms with van der Waals surface area (Å²) >= 11 is 0. The van der Waals surface area contributed by atoms with E-state index in [0.29, 0.717) is 21.9 Å². The Morgan fingerprint density at radius 1 is 0.558 bits per heavy atom. The Hall–Kier alpha value is -4.95. The van der Waals surface area contributed by atoms with Crippen molar-refractivity contribution in [2.45, 2.75) is 0 Å². The van der Waals surface area contributed by atoms with Gasteiger partial charge in [0, 0.05) is 11.1 Å². The molecule has 11 heteroatoms. The Kier molecular flexibility index (Phi) is 7.23. The van der Waals surface area contributed by atoms with Gasteiger partial charge in [0.1, 0.15) is 17.2 Å². The lowest BCUT2D eigenvalue weighted by atomic mass is 9.97. The van der Waals surface area contributed by atoms with Crippen LogP contribution in [-0.2, 0) is 4.57 Å². The third-order valence-corrected chi connectivity index (χ3v) is 9.24. The number of halogens is 6. The van der Waals surface area contributed by atoms with Crippen molar-refractivity contribution in [2.75, 3.05) is 0 Å². The molecule has 1 aliphatic heterocycles. The molecule has 0 aliphatic carbocycles. The highest BCUT2D eigenvalue weighted by atomic mass is 31.2. The first kappa shape index (κ1) is 28.2. The van der Waals surface area contributed by atoms with E-state index in [2.05, 4.69) is 0 Å². The molecule has 0 fully saturated rings. The number of hydrogen-bond donors (Lipinski definition) is 0. The van der Waals surface area contributed by atoms with Crippen molar-refractivity contribution in [1.29, 1.82) is 0 Å². The number of hydrogen-bond acceptors (Lipinski definition) is 4. The average Bonchev–Trinajstić information content (AvgIpc) is 3.01. The monoisotopic (exact) mass is 610 g/mol. The van der Waals surface area contributed by atoms with E-state index in [4.69, 9.17) is 14.0 Å². The van der Waals surface area contributed by atoms with E-state index in [1.807, 2.05) is 0 Å².